The van der Waals surface area contributed by atoms with E-state index >= 15 is 0 Å². The van der Waals surface area contributed by atoms with Crippen LogP contribution in [0.1, 0.15) is 32.4 Å². The van der Waals surface area contributed by atoms with E-state index in [1.54, 1.807) is 37.1 Å². The minimum atomic E-state index is -2.87. The first-order chi connectivity index (χ1) is 9.86. The van der Waals surface area contributed by atoms with Crippen molar-refractivity contribution < 1.29 is 18.3 Å². The fraction of sp³-hybridized carbons (Fsp3) is 0.533. The molecule has 0 fully saturated rings. The quantitative estimate of drug-likeness (QED) is 0.842. The van der Waals surface area contributed by atoms with E-state index in [9.17, 15) is 13.6 Å². The number of rotatable bonds is 7. The number of para-hydroxylation sites is 1. The molecule has 1 rings (SSSR count). The Kier molecular flexibility index (Phi) is 6.55. The van der Waals surface area contributed by atoms with E-state index in [0.29, 0.717) is 12.1 Å². The third kappa shape index (κ3) is 4.97. The van der Waals surface area contributed by atoms with Gasteiger partial charge in [0.2, 0.25) is 5.91 Å². The van der Waals surface area contributed by atoms with Crippen molar-refractivity contribution in [2.45, 2.75) is 39.5 Å². The van der Waals surface area contributed by atoms with Gasteiger partial charge in [-0.05, 0) is 26.8 Å². The maximum absolute atomic E-state index is 12.4. The van der Waals surface area contributed by atoms with Gasteiger partial charge in [-0.2, -0.15) is 8.78 Å². The van der Waals surface area contributed by atoms with Crippen LogP contribution in [-0.2, 0) is 4.79 Å². The third-order valence-corrected chi connectivity index (χ3v) is 3.32. The lowest BCUT2D eigenvalue weighted by atomic mass is 10.1. The second kappa shape index (κ2) is 7.93. The van der Waals surface area contributed by atoms with Crippen molar-refractivity contribution in [1.82, 2.24) is 10.2 Å². The number of hydrogen-bond donors (Lipinski definition) is 1. The van der Waals surface area contributed by atoms with Crippen LogP contribution in [0.3, 0.4) is 0 Å². The van der Waals surface area contributed by atoms with E-state index < -0.39 is 12.7 Å². The van der Waals surface area contributed by atoms with Gasteiger partial charge in [-0.1, -0.05) is 18.2 Å². The summed E-state index contributed by atoms with van der Waals surface area (Å²) >= 11 is 0. The summed E-state index contributed by atoms with van der Waals surface area (Å²) in [6.45, 7) is 3.19. The molecule has 0 aromatic heterocycles. The number of hydrogen-bond acceptors (Lipinski definition) is 3. The molecule has 21 heavy (non-hydrogen) atoms. The molecule has 2 unspecified atom stereocenters. The van der Waals surface area contributed by atoms with Gasteiger partial charge in [0.25, 0.3) is 0 Å². The molecule has 0 saturated carbocycles. The zero-order valence-corrected chi connectivity index (χ0v) is 12.8. The average molecular weight is 300 g/mol. The van der Waals surface area contributed by atoms with Crippen LogP contribution in [-0.4, -0.2) is 37.1 Å². The van der Waals surface area contributed by atoms with E-state index in [1.807, 2.05) is 13.8 Å². The summed E-state index contributed by atoms with van der Waals surface area (Å²) in [5, 5.41) is 3.11. The number of halogens is 2. The molecule has 1 aromatic carbocycles. The van der Waals surface area contributed by atoms with Crippen LogP contribution in [0.25, 0.3) is 0 Å². The Bertz CT molecular complexity index is 469. The van der Waals surface area contributed by atoms with Crippen LogP contribution in [0.15, 0.2) is 24.3 Å². The number of ether oxygens (including phenoxy) is 1. The number of carbonyl (C=O) groups is 1. The number of carbonyl (C=O) groups excluding carboxylic acids is 1. The van der Waals surface area contributed by atoms with Crippen LogP contribution in [0.2, 0.25) is 0 Å². The first-order valence-corrected chi connectivity index (χ1v) is 6.91. The van der Waals surface area contributed by atoms with Gasteiger partial charge < -0.3 is 9.64 Å². The first kappa shape index (κ1) is 17.4. The Balaban J connectivity index is 2.80. The molecule has 0 saturated heterocycles. The smallest absolute Gasteiger partial charge is 0.387 e. The van der Waals surface area contributed by atoms with Gasteiger partial charge in [-0.25, -0.2) is 0 Å². The van der Waals surface area contributed by atoms with Gasteiger partial charge in [0.1, 0.15) is 5.75 Å². The maximum atomic E-state index is 12.4. The Morgan fingerprint density at radius 1 is 1.33 bits per heavy atom. The highest BCUT2D eigenvalue weighted by Gasteiger charge is 2.21. The van der Waals surface area contributed by atoms with Gasteiger partial charge in [0.15, 0.2) is 0 Å². The minimum Gasteiger partial charge on any atom is -0.434 e. The monoisotopic (exact) mass is 300 g/mol. The van der Waals surface area contributed by atoms with Crippen molar-refractivity contribution >= 4 is 5.91 Å². The van der Waals surface area contributed by atoms with Crippen molar-refractivity contribution in [3.8, 4) is 5.75 Å². The highest BCUT2D eigenvalue weighted by molar-refractivity contribution is 5.81. The summed E-state index contributed by atoms with van der Waals surface area (Å²) in [5.41, 5.74) is 0.594. The molecule has 0 aliphatic carbocycles. The molecule has 0 aliphatic heterocycles. The van der Waals surface area contributed by atoms with E-state index in [1.165, 1.54) is 6.07 Å². The van der Waals surface area contributed by atoms with Crippen LogP contribution in [0, 0.1) is 0 Å². The largest absolute Gasteiger partial charge is 0.434 e. The van der Waals surface area contributed by atoms with Crippen LogP contribution in [0.4, 0.5) is 8.78 Å². The standard InChI is InChI=1S/C15H22F2N2O2/c1-5-19(4)14(20)11(3)18-10(2)12-8-6-7-9-13(12)21-15(16)17/h6-11,15,18H,5H2,1-4H3. The molecule has 1 aromatic rings. The van der Waals surface area contributed by atoms with E-state index in [-0.39, 0.29) is 17.7 Å². The summed E-state index contributed by atoms with van der Waals surface area (Å²) in [5.74, 6) is 0.0765. The highest BCUT2D eigenvalue weighted by atomic mass is 19.3. The van der Waals surface area contributed by atoms with Crippen LogP contribution >= 0.6 is 0 Å². The van der Waals surface area contributed by atoms with Gasteiger partial charge in [-0.3, -0.25) is 10.1 Å². The molecular formula is C15H22F2N2O2. The molecule has 0 aliphatic rings. The fourth-order valence-corrected chi connectivity index (χ4v) is 2.06. The van der Waals surface area contributed by atoms with E-state index in [4.69, 9.17) is 0 Å². The summed E-state index contributed by atoms with van der Waals surface area (Å²) in [6.07, 6.45) is 0. The molecule has 118 valence electrons. The Morgan fingerprint density at radius 2 is 1.95 bits per heavy atom. The maximum Gasteiger partial charge on any atom is 0.387 e. The lowest BCUT2D eigenvalue weighted by Gasteiger charge is -2.25. The number of alkyl halides is 2. The predicted octanol–water partition coefficient (Wildman–Crippen LogP) is 2.81. The summed E-state index contributed by atoms with van der Waals surface area (Å²) in [6, 6.07) is 5.87. The van der Waals surface area contributed by atoms with Gasteiger partial charge in [-0.15, -0.1) is 0 Å². The number of likely N-dealkylation sites (N-methyl/N-ethyl adjacent to an activating group) is 1. The van der Waals surface area contributed by atoms with Gasteiger partial charge in [0.05, 0.1) is 6.04 Å². The summed E-state index contributed by atoms with van der Waals surface area (Å²) in [7, 11) is 1.72. The highest BCUT2D eigenvalue weighted by Crippen LogP contribution is 2.26. The molecular weight excluding hydrogens is 278 g/mol. The molecule has 6 heteroatoms. The number of amides is 1. The SMILES string of the molecule is CCN(C)C(=O)C(C)NC(C)c1ccccc1OC(F)F. The van der Waals surface area contributed by atoms with Gasteiger partial charge >= 0.3 is 6.61 Å². The summed E-state index contributed by atoms with van der Waals surface area (Å²) in [4.78, 5) is 13.6. The first-order valence-electron chi connectivity index (χ1n) is 6.91. The van der Waals surface area contributed by atoms with E-state index in [2.05, 4.69) is 10.1 Å². The molecule has 0 bridgehead atoms. The molecule has 2 atom stereocenters. The minimum absolute atomic E-state index is 0.0448. The van der Waals surface area contributed by atoms with Crippen molar-refractivity contribution in [3.63, 3.8) is 0 Å². The number of nitrogens with one attached hydrogen (secondary N) is 1. The second-order valence-electron chi connectivity index (χ2n) is 4.88. The zero-order valence-electron chi connectivity index (χ0n) is 12.8. The lowest BCUT2D eigenvalue weighted by molar-refractivity contribution is -0.131. The van der Waals surface area contributed by atoms with Crippen LogP contribution < -0.4 is 10.1 Å². The van der Waals surface area contributed by atoms with E-state index in [0.717, 1.165) is 0 Å². The molecule has 1 N–H and O–H groups in total. The topological polar surface area (TPSA) is 41.6 Å². The van der Waals surface area contributed by atoms with Crippen molar-refractivity contribution in [1.29, 1.82) is 0 Å². The second-order valence-corrected chi connectivity index (χ2v) is 4.88. The molecule has 4 nitrogen and oxygen atoms in total. The Labute approximate surface area is 124 Å². The zero-order chi connectivity index (χ0) is 16.0. The lowest BCUT2D eigenvalue weighted by Crippen LogP contribution is -2.43. The molecule has 0 heterocycles. The number of benzene rings is 1. The molecule has 1 amide bonds. The molecule has 0 spiro atoms. The van der Waals surface area contributed by atoms with Crippen molar-refractivity contribution in [3.05, 3.63) is 29.8 Å². The normalized spacial score (nSPS) is 13.9. The van der Waals surface area contributed by atoms with Crippen LogP contribution in [0.5, 0.6) is 5.75 Å². The fourth-order valence-electron chi connectivity index (χ4n) is 2.06. The Morgan fingerprint density at radius 3 is 2.52 bits per heavy atom. The Hall–Kier alpha value is -1.69. The number of nitrogens with zero attached hydrogens (tertiary/aromatic N) is 1. The van der Waals surface area contributed by atoms with Crippen molar-refractivity contribution in [2.75, 3.05) is 13.6 Å². The molecule has 0 radical (unpaired) electrons. The van der Waals surface area contributed by atoms with Crippen molar-refractivity contribution in [2.24, 2.45) is 0 Å². The third-order valence-electron chi connectivity index (χ3n) is 3.32. The average Bonchev–Trinajstić information content (AvgIpc) is 2.45. The predicted molar refractivity (Wildman–Crippen MR) is 77.4 cm³/mol. The summed E-state index contributed by atoms with van der Waals surface area (Å²) < 4.78 is 29.3. The van der Waals surface area contributed by atoms with Gasteiger partial charge in [0, 0.05) is 25.2 Å².